The van der Waals surface area contributed by atoms with Gasteiger partial charge < -0.3 is 10.2 Å². The van der Waals surface area contributed by atoms with E-state index in [-0.39, 0.29) is 49.9 Å². The molecule has 320 valence electrons. The molecule has 0 aliphatic heterocycles. The van der Waals surface area contributed by atoms with Crippen molar-refractivity contribution in [1.29, 1.82) is 0 Å². The molecular formula is C54H90CaO2. The maximum Gasteiger partial charge on any atom is 2.00 e. The van der Waals surface area contributed by atoms with Crippen molar-refractivity contribution in [3.05, 3.63) is 23.3 Å². The zero-order valence-electron chi connectivity index (χ0n) is 39.3. The molecule has 8 aliphatic carbocycles. The van der Waals surface area contributed by atoms with Gasteiger partial charge in [-0.2, -0.15) is 0 Å². The van der Waals surface area contributed by atoms with Crippen LogP contribution in [0.5, 0.6) is 0 Å². The van der Waals surface area contributed by atoms with E-state index in [0.717, 1.165) is 110 Å². The molecule has 57 heavy (non-hydrogen) atoms. The molecule has 0 N–H and O–H groups in total. The second-order valence-corrected chi connectivity index (χ2v) is 24.3. The second-order valence-electron chi connectivity index (χ2n) is 24.3. The molecule has 6 saturated carbocycles. The van der Waals surface area contributed by atoms with E-state index in [1.54, 1.807) is 11.1 Å². The van der Waals surface area contributed by atoms with Crippen molar-refractivity contribution in [1.82, 2.24) is 0 Å². The van der Waals surface area contributed by atoms with Crippen LogP contribution < -0.4 is 10.2 Å². The van der Waals surface area contributed by atoms with Gasteiger partial charge in [-0.15, -0.1) is 12.2 Å². The molecule has 2 unspecified atom stereocenters. The molecule has 6 fully saturated rings. The van der Waals surface area contributed by atoms with Gasteiger partial charge in [0.25, 0.3) is 0 Å². The first kappa shape index (κ1) is 47.1. The fourth-order valence-corrected chi connectivity index (χ4v) is 17.3. The van der Waals surface area contributed by atoms with Crippen LogP contribution in [0.3, 0.4) is 0 Å². The van der Waals surface area contributed by atoms with Crippen LogP contribution in [-0.2, 0) is 0 Å². The van der Waals surface area contributed by atoms with Gasteiger partial charge in [0.1, 0.15) is 0 Å². The Kier molecular flexibility index (Phi) is 15.5. The van der Waals surface area contributed by atoms with E-state index in [0.29, 0.717) is 21.7 Å². The first-order chi connectivity index (χ1) is 26.5. The Labute approximate surface area is 383 Å². The summed E-state index contributed by atoms with van der Waals surface area (Å²) in [5, 5.41) is 24.3. The second kappa shape index (κ2) is 18.8. The third-order valence-electron chi connectivity index (χ3n) is 20.5. The first-order valence-electron chi connectivity index (χ1n) is 25.2. The topological polar surface area (TPSA) is 46.1 Å². The summed E-state index contributed by atoms with van der Waals surface area (Å²) in [5.41, 5.74) is 4.98. The van der Waals surface area contributed by atoms with Crippen LogP contribution in [0.25, 0.3) is 0 Å². The summed E-state index contributed by atoms with van der Waals surface area (Å²) in [7, 11) is 0. The number of allylic oxidation sites excluding steroid dienone is 2. The van der Waals surface area contributed by atoms with E-state index >= 15 is 0 Å². The smallest absolute Gasteiger partial charge is 0.852 e. The molecule has 8 rings (SSSR count). The van der Waals surface area contributed by atoms with Crippen molar-refractivity contribution < 1.29 is 10.2 Å². The minimum Gasteiger partial charge on any atom is -0.852 e. The Morgan fingerprint density at radius 2 is 0.895 bits per heavy atom. The van der Waals surface area contributed by atoms with Crippen molar-refractivity contribution in [2.75, 3.05) is 0 Å². The maximum atomic E-state index is 12.1. The number of rotatable bonds is 10. The molecule has 0 saturated heterocycles. The summed E-state index contributed by atoms with van der Waals surface area (Å²) in [6, 6.07) is 0. The summed E-state index contributed by atoms with van der Waals surface area (Å²) < 4.78 is 0. The van der Waals surface area contributed by atoms with Crippen LogP contribution in [0.15, 0.2) is 23.3 Å². The normalized spacial score (nSPS) is 45.7. The quantitative estimate of drug-likeness (QED) is 0.163. The van der Waals surface area contributed by atoms with Gasteiger partial charge >= 0.3 is 37.7 Å². The van der Waals surface area contributed by atoms with Gasteiger partial charge in [-0.3, -0.25) is 0 Å². The monoisotopic (exact) mass is 811 g/mol. The van der Waals surface area contributed by atoms with E-state index < -0.39 is 0 Å². The predicted octanol–water partition coefficient (Wildman–Crippen LogP) is 13.1. The van der Waals surface area contributed by atoms with Gasteiger partial charge in [0.15, 0.2) is 0 Å². The van der Waals surface area contributed by atoms with Gasteiger partial charge in [-0.1, -0.05) is 144 Å². The summed E-state index contributed by atoms with van der Waals surface area (Å²) >= 11 is 0. The predicted molar refractivity (Wildman–Crippen MR) is 239 cm³/mol. The molecule has 0 heterocycles. The standard InChI is InChI=1S/2C27H45O.Ca/c2*1-18(2)7-6-8-19(3)23-11-12-24-22-10-9-20-17-21(28)13-15-26(20,4)25(22)14-16-27(23,24)5;/h2*9,18-19,21-25H,6-8,10-17H2,1-5H3;/q2*-1;+2/t2*19?,21-,22-,23+,24-,25-,26-,27+;/m00./s1. The molecule has 0 amide bonds. The average molecular weight is 811 g/mol. The van der Waals surface area contributed by atoms with Crippen molar-refractivity contribution in [3.8, 4) is 0 Å². The molecule has 0 aromatic carbocycles. The fraction of sp³-hybridized carbons (Fsp3) is 0.926. The van der Waals surface area contributed by atoms with Gasteiger partial charge in [0.05, 0.1) is 0 Å². The van der Waals surface area contributed by atoms with Crippen LogP contribution in [-0.4, -0.2) is 49.9 Å². The zero-order valence-corrected chi connectivity index (χ0v) is 41.5. The van der Waals surface area contributed by atoms with Gasteiger partial charge in [0, 0.05) is 0 Å². The first-order valence-corrected chi connectivity index (χ1v) is 25.2. The van der Waals surface area contributed by atoms with Crippen molar-refractivity contribution in [2.45, 2.75) is 223 Å². The van der Waals surface area contributed by atoms with Gasteiger partial charge in [0.2, 0.25) is 0 Å². The minimum absolute atomic E-state index is 0. The van der Waals surface area contributed by atoms with Crippen LogP contribution in [0.1, 0.15) is 210 Å². The largest absolute Gasteiger partial charge is 2.00 e. The van der Waals surface area contributed by atoms with E-state index in [4.69, 9.17) is 0 Å². The SMILES string of the molecule is CC(C)CCCC(C)[C@H]1CC[C@H]2[C@@H]3CC=C4C[C@@H]([O-])CC[C@]4(C)[C@H]3CC[C@]12C.CC(C)CCCC(C)[C@H]1CC[C@H]2[C@@H]3CC=C4C[C@@H]([O-])CC[C@]4(C)[C@H]3CC[C@]12C.[Ca+2]. The van der Waals surface area contributed by atoms with Gasteiger partial charge in [-0.05, 0) is 183 Å². The van der Waals surface area contributed by atoms with Crippen LogP contribution in [0.4, 0.5) is 0 Å². The van der Waals surface area contributed by atoms with E-state index in [1.165, 1.54) is 103 Å². The molecule has 2 nitrogen and oxygen atoms in total. The number of fused-ring (bicyclic) bond motifs is 10. The molecule has 0 spiro atoms. The molecule has 0 bridgehead atoms. The molecular weight excluding hydrogens is 721 g/mol. The van der Waals surface area contributed by atoms with E-state index in [9.17, 15) is 10.2 Å². The van der Waals surface area contributed by atoms with E-state index in [2.05, 4.69) is 81.4 Å². The van der Waals surface area contributed by atoms with Crippen LogP contribution >= 0.6 is 0 Å². The number of hydrogen-bond donors (Lipinski definition) is 0. The molecule has 0 aromatic heterocycles. The fourth-order valence-electron chi connectivity index (χ4n) is 17.3. The molecule has 0 aromatic rings. The summed E-state index contributed by atoms with van der Waals surface area (Å²) in [5.74, 6) is 10.7. The van der Waals surface area contributed by atoms with Crippen LogP contribution in [0, 0.1) is 92.7 Å². The molecule has 16 atom stereocenters. The van der Waals surface area contributed by atoms with Crippen LogP contribution in [0.2, 0.25) is 0 Å². The Morgan fingerprint density at radius 3 is 1.26 bits per heavy atom. The van der Waals surface area contributed by atoms with E-state index in [1.807, 2.05) is 0 Å². The van der Waals surface area contributed by atoms with Crippen molar-refractivity contribution >= 4 is 37.7 Å². The Morgan fingerprint density at radius 1 is 0.509 bits per heavy atom. The Bertz CT molecular complexity index is 1290. The minimum atomic E-state index is -0.327. The van der Waals surface area contributed by atoms with Crippen molar-refractivity contribution in [3.63, 3.8) is 0 Å². The Balaban J connectivity index is 0.000000189. The summed E-state index contributed by atoms with van der Waals surface area (Å²) in [4.78, 5) is 0. The Hall–Kier alpha value is 0.660. The molecule has 8 aliphatic rings. The zero-order chi connectivity index (χ0) is 40.2. The van der Waals surface area contributed by atoms with Crippen molar-refractivity contribution in [2.24, 2.45) is 92.7 Å². The summed E-state index contributed by atoms with van der Waals surface area (Å²) in [6.45, 7) is 25.0. The molecule has 3 heteroatoms. The third-order valence-corrected chi connectivity index (χ3v) is 20.5. The third kappa shape index (κ3) is 9.06. The maximum absolute atomic E-state index is 12.1. The average Bonchev–Trinajstić information content (AvgIpc) is 3.69. The molecule has 0 radical (unpaired) electrons. The number of hydrogen-bond acceptors (Lipinski definition) is 2. The summed E-state index contributed by atoms with van der Waals surface area (Å²) in [6.07, 6.45) is 33.0. The van der Waals surface area contributed by atoms with Gasteiger partial charge in [-0.25, -0.2) is 0 Å².